The van der Waals surface area contributed by atoms with Gasteiger partial charge in [-0.2, -0.15) is 0 Å². The summed E-state index contributed by atoms with van der Waals surface area (Å²) < 4.78 is 11.8. The van der Waals surface area contributed by atoms with Crippen LogP contribution in [0.3, 0.4) is 0 Å². The summed E-state index contributed by atoms with van der Waals surface area (Å²) in [5, 5.41) is 4.13. The Morgan fingerprint density at radius 3 is 2.64 bits per heavy atom. The van der Waals surface area contributed by atoms with E-state index in [1.54, 1.807) is 6.33 Å². The van der Waals surface area contributed by atoms with Crippen LogP contribution in [0.4, 0.5) is 11.5 Å². The van der Waals surface area contributed by atoms with Crippen molar-refractivity contribution in [1.82, 2.24) is 19.8 Å². The number of ether oxygens (including phenoxy) is 2. The Hall–Kier alpha value is -2.68. The van der Waals surface area contributed by atoms with E-state index in [4.69, 9.17) is 21.1 Å². The van der Waals surface area contributed by atoms with Gasteiger partial charge in [0.2, 0.25) is 5.91 Å². The van der Waals surface area contributed by atoms with E-state index < -0.39 is 0 Å². The molecule has 0 bridgehead atoms. The highest BCUT2D eigenvalue weighted by Crippen LogP contribution is 2.44. The molecule has 2 aromatic rings. The van der Waals surface area contributed by atoms with Crippen LogP contribution in [0.25, 0.3) is 0 Å². The molecule has 0 unspecified atom stereocenters. The van der Waals surface area contributed by atoms with Crippen molar-refractivity contribution in [2.24, 2.45) is 0 Å². The van der Waals surface area contributed by atoms with E-state index in [2.05, 4.69) is 38.9 Å². The van der Waals surface area contributed by atoms with Gasteiger partial charge in [-0.3, -0.25) is 9.69 Å². The van der Waals surface area contributed by atoms with Crippen molar-refractivity contribution in [2.75, 3.05) is 44.7 Å². The van der Waals surface area contributed by atoms with E-state index in [0.29, 0.717) is 35.3 Å². The van der Waals surface area contributed by atoms with Crippen molar-refractivity contribution in [3.63, 3.8) is 0 Å². The molecule has 0 atom stereocenters. The number of hydrogen-bond donors (Lipinski definition) is 1. The Labute approximate surface area is 216 Å². The molecule has 8 nitrogen and oxygen atoms in total. The van der Waals surface area contributed by atoms with Gasteiger partial charge in [0.1, 0.15) is 18.8 Å². The number of rotatable bonds is 4. The lowest BCUT2D eigenvalue weighted by Crippen LogP contribution is -2.54. The maximum Gasteiger partial charge on any atom is 0.245 e. The van der Waals surface area contributed by atoms with Gasteiger partial charge in [0, 0.05) is 57.3 Å². The maximum absolute atomic E-state index is 11.9. The Bertz CT molecular complexity index is 1150. The van der Waals surface area contributed by atoms with E-state index >= 15 is 0 Å². The molecule has 6 rings (SSSR count). The summed E-state index contributed by atoms with van der Waals surface area (Å²) in [5.41, 5.74) is 4.14. The quantitative estimate of drug-likeness (QED) is 0.617. The summed E-state index contributed by atoms with van der Waals surface area (Å²) in [5.74, 6) is 2.29. The number of hydrogen-bond acceptors (Lipinski definition) is 7. The molecule has 1 N–H and O–H groups in total. The number of amides is 1. The van der Waals surface area contributed by atoms with Gasteiger partial charge in [-0.25, -0.2) is 9.97 Å². The first kappa shape index (κ1) is 23.7. The summed E-state index contributed by atoms with van der Waals surface area (Å²) in [7, 11) is 0. The second kappa shape index (κ2) is 10.00. The molecule has 190 valence electrons. The van der Waals surface area contributed by atoms with Crippen LogP contribution in [0, 0.1) is 0 Å². The van der Waals surface area contributed by atoms with Crippen molar-refractivity contribution < 1.29 is 14.3 Å². The van der Waals surface area contributed by atoms with Gasteiger partial charge < -0.3 is 19.7 Å². The molecule has 9 heteroatoms. The van der Waals surface area contributed by atoms with Crippen LogP contribution < -0.4 is 10.1 Å². The van der Waals surface area contributed by atoms with Gasteiger partial charge in [-0.15, -0.1) is 0 Å². The first-order valence-corrected chi connectivity index (χ1v) is 13.3. The lowest BCUT2D eigenvalue weighted by Gasteiger charge is -2.47. The van der Waals surface area contributed by atoms with Gasteiger partial charge >= 0.3 is 0 Å². The zero-order chi connectivity index (χ0) is 24.6. The molecule has 3 saturated heterocycles. The molecule has 1 amide bonds. The van der Waals surface area contributed by atoms with Gasteiger partial charge in [-0.05, 0) is 49.5 Å². The zero-order valence-corrected chi connectivity index (χ0v) is 21.2. The third-order valence-electron chi connectivity index (χ3n) is 8.11. The minimum Gasteiger partial charge on any atom is -0.485 e. The van der Waals surface area contributed by atoms with Gasteiger partial charge in [0.05, 0.1) is 22.0 Å². The fraction of sp³-hybridized carbons (Fsp3) is 0.519. The molecule has 0 radical (unpaired) electrons. The monoisotopic (exact) mass is 509 g/mol. The molecule has 5 heterocycles. The number of fused-ring (bicyclic) bond motifs is 2. The molecule has 3 fully saturated rings. The molecular formula is C27H32ClN5O3. The highest BCUT2D eigenvalue weighted by atomic mass is 35.5. The van der Waals surface area contributed by atoms with Crippen LogP contribution in [0.15, 0.2) is 31.1 Å². The lowest BCUT2D eigenvalue weighted by atomic mass is 9.87. The molecular weight excluding hydrogens is 478 g/mol. The molecule has 1 aromatic carbocycles. The molecule has 4 aliphatic rings. The van der Waals surface area contributed by atoms with E-state index in [0.717, 1.165) is 87.8 Å². The maximum atomic E-state index is 11.9. The van der Waals surface area contributed by atoms with Crippen LogP contribution in [0.5, 0.6) is 5.75 Å². The Morgan fingerprint density at radius 2 is 1.89 bits per heavy atom. The Kier molecular flexibility index (Phi) is 6.58. The standard InChI is InChI=1S/C27H32ClN5O3/c1-2-24(34)32-7-3-20(4-8-32)33-13-19(14-33)18-11-22(28)26-23(12-18)31-27-21(15-36-26)25(29-16-30-27)17-5-9-35-10-6-17/h2,11-12,16-17,19-20H,1,3-10,13-15H2,(H,29,30,31). The number of likely N-dealkylation sites (tertiary alicyclic amines) is 2. The molecule has 0 saturated carbocycles. The summed E-state index contributed by atoms with van der Waals surface area (Å²) in [6.45, 7) is 9.14. The average Bonchev–Trinajstić information content (AvgIpc) is 3.08. The van der Waals surface area contributed by atoms with Crippen LogP contribution in [0.2, 0.25) is 5.02 Å². The van der Waals surface area contributed by atoms with Gasteiger partial charge in [0.15, 0.2) is 5.75 Å². The minimum absolute atomic E-state index is 0.0380. The fourth-order valence-electron chi connectivity index (χ4n) is 5.96. The first-order valence-electron chi connectivity index (χ1n) is 12.9. The topological polar surface area (TPSA) is 79.8 Å². The summed E-state index contributed by atoms with van der Waals surface area (Å²) in [6, 6.07) is 4.75. The number of benzene rings is 1. The summed E-state index contributed by atoms with van der Waals surface area (Å²) >= 11 is 6.74. The smallest absolute Gasteiger partial charge is 0.245 e. The SMILES string of the molecule is C=CC(=O)N1CCC(N2CC(c3cc(Cl)c4c(c3)Nc3ncnc(C5CCOCC5)c3CO4)C2)CC1. The molecule has 0 aliphatic carbocycles. The predicted molar refractivity (Wildman–Crippen MR) is 138 cm³/mol. The Morgan fingerprint density at radius 1 is 1.11 bits per heavy atom. The third kappa shape index (κ3) is 4.46. The fourth-order valence-corrected chi connectivity index (χ4v) is 6.24. The number of carbonyl (C=O) groups excluding carboxylic acids is 1. The highest BCUT2D eigenvalue weighted by molar-refractivity contribution is 6.32. The van der Waals surface area contributed by atoms with Crippen LogP contribution in [-0.2, 0) is 16.1 Å². The molecule has 1 aromatic heterocycles. The Balaban J connectivity index is 1.15. The number of anilines is 2. The van der Waals surface area contributed by atoms with Crippen molar-refractivity contribution in [2.45, 2.75) is 50.2 Å². The first-order chi connectivity index (χ1) is 17.6. The van der Waals surface area contributed by atoms with Crippen molar-refractivity contribution in [1.29, 1.82) is 0 Å². The van der Waals surface area contributed by atoms with E-state index in [-0.39, 0.29) is 5.91 Å². The van der Waals surface area contributed by atoms with Crippen molar-refractivity contribution in [3.8, 4) is 5.75 Å². The van der Waals surface area contributed by atoms with Crippen molar-refractivity contribution >= 4 is 29.0 Å². The second-order valence-corrected chi connectivity index (χ2v) is 10.6. The van der Waals surface area contributed by atoms with Gasteiger partial charge in [-0.1, -0.05) is 18.2 Å². The summed E-state index contributed by atoms with van der Waals surface area (Å²) in [4.78, 5) is 25.5. The van der Waals surface area contributed by atoms with Crippen LogP contribution >= 0.6 is 11.6 Å². The third-order valence-corrected chi connectivity index (χ3v) is 8.40. The number of aromatic nitrogens is 2. The van der Waals surface area contributed by atoms with Gasteiger partial charge in [0.25, 0.3) is 0 Å². The number of nitrogens with zero attached hydrogens (tertiary/aromatic N) is 4. The lowest BCUT2D eigenvalue weighted by molar-refractivity contribution is -0.127. The van der Waals surface area contributed by atoms with Crippen LogP contribution in [-0.4, -0.2) is 71.1 Å². The van der Waals surface area contributed by atoms with E-state index in [1.165, 1.54) is 11.6 Å². The average molecular weight is 510 g/mol. The van der Waals surface area contributed by atoms with E-state index in [9.17, 15) is 4.79 Å². The molecule has 4 aliphatic heterocycles. The number of halogens is 1. The number of piperidine rings is 1. The summed E-state index contributed by atoms with van der Waals surface area (Å²) in [6.07, 6.45) is 7.00. The number of carbonyl (C=O) groups is 1. The zero-order valence-electron chi connectivity index (χ0n) is 20.4. The second-order valence-electron chi connectivity index (χ2n) is 10.2. The predicted octanol–water partition coefficient (Wildman–Crippen LogP) is 4.24. The largest absolute Gasteiger partial charge is 0.485 e. The highest BCUT2D eigenvalue weighted by Gasteiger charge is 2.36. The van der Waals surface area contributed by atoms with Crippen molar-refractivity contribution in [3.05, 3.63) is 53.0 Å². The molecule has 0 spiro atoms. The molecule has 36 heavy (non-hydrogen) atoms. The van der Waals surface area contributed by atoms with Crippen LogP contribution in [0.1, 0.15) is 54.3 Å². The number of nitrogens with one attached hydrogen (secondary N) is 1. The minimum atomic E-state index is 0.0380. The van der Waals surface area contributed by atoms with E-state index in [1.807, 2.05) is 4.90 Å². The normalized spacial score (nSPS) is 21.4.